The minimum Gasteiger partial charge on any atom is -0.411 e. The topological polar surface area (TPSA) is 60.4 Å². The molecule has 2 aromatic carbocycles. The van der Waals surface area contributed by atoms with E-state index in [1.165, 1.54) is 17.3 Å². The Bertz CT molecular complexity index is 1350. The van der Waals surface area contributed by atoms with Gasteiger partial charge in [0, 0.05) is 22.8 Å². The number of rotatable bonds is 6. The van der Waals surface area contributed by atoms with Crippen molar-refractivity contribution in [3.8, 4) is 22.6 Å². The van der Waals surface area contributed by atoms with Crippen molar-refractivity contribution in [1.29, 1.82) is 0 Å². The molecule has 31 heavy (non-hydrogen) atoms. The predicted octanol–water partition coefficient (Wildman–Crippen LogP) is 5.94. The highest BCUT2D eigenvalue weighted by Gasteiger charge is 2.20. The number of carbonyl (C=O) groups excluding carboxylic acids is 1. The number of benzene rings is 2. The summed E-state index contributed by atoms with van der Waals surface area (Å²) in [6, 6.07) is 25.8. The molecule has 0 saturated heterocycles. The first-order valence-electron chi connectivity index (χ1n) is 9.91. The summed E-state index contributed by atoms with van der Waals surface area (Å²) < 4.78 is 7.68. The third-order valence-electron chi connectivity index (χ3n) is 5.06. The summed E-state index contributed by atoms with van der Waals surface area (Å²) in [6.45, 7) is 2.05. The number of carbonyl (C=O) groups is 1. The summed E-state index contributed by atoms with van der Waals surface area (Å²) >= 11 is 1.25. The van der Waals surface area contributed by atoms with E-state index in [0.29, 0.717) is 16.8 Å². The van der Waals surface area contributed by atoms with Gasteiger partial charge in [-0.1, -0.05) is 65.9 Å². The highest BCUT2D eigenvalue weighted by Crippen LogP contribution is 2.30. The fourth-order valence-corrected chi connectivity index (χ4v) is 4.15. The maximum Gasteiger partial charge on any atom is 0.277 e. The SMILES string of the molecule is Cc1ccc(-c2cc3ccccn3c2C(=O)CSc2nnc(-c3ccccc3)o2)cc1. The van der Waals surface area contributed by atoms with Crippen molar-refractivity contribution in [3.05, 3.63) is 96.3 Å². The van der Waals surface area contributed by atoms with E-state index in [0.717, 1.165) is 22.2 Å². The average molecular weight is 426 g/mol. The van der Waals surface area contributed by atoms with E-state index < -0.39 is 0 Å². The number of nitrogens with zero attached hydrogens (tertiary/aromatic N) is 3. The van der Waals surface area contributed by atoms with Crippen LogP contribution in [-0.2, 0) is 0 Å². The lowest BCUT2D eigenvalue weighted by Gasteiger charge is -2.06. The first-order valence-corrected chi connectivity index (χ1v) is 10.9. The Balaban J connectivity index is 1.43. The molecule has 0 aliphatic rings. The van der Waals surface area contributed by atoms with Crippen LogP contribution in [0.2, 0.25) is 0 Å². The van der Waals surface area contributed by atoms with Gasteiger partial charge in [0.15, 0.2) is 5.78 Å². The van der Waals surface area contributed by atoms with Crippen LogP contribution in [0, 0.1) is 6.92 Å². The van der Waals surface area contributed by atoms with Gasteiger partial charge in [0.05, 0.1) is 11.4 Å². The number of thioether (sulfide) groups is 1. The van der Waals surface area contributed by atoms with Crippen LogP contribution in [0.4, 0.5) is 0 Å². The van der Waals surface area contributed by atoms with Crippen molar-refractivity contribution < 1.29 is 9.21 Å². The van der Waals surface area contributed by atoms with E-state index in [1.54, 1.807) is 0 Å². The van der Waals surface area contributed by atoms with Crippen molar-refractivity contribution in [1.82, 2.24) is 14.6 Å². The fourth-order valence-electron chi connectivity index (χ4n) is 3.52. The van der Waals surface area contributed by atoms with Crippen LogP contribution >= 0.6 is 11.8 Å². The summed E-state index contributed by atoms with van der Waals surface area (Å²) in [5, 5.41) is 8.56. The number of fused-ring (bicyclic) bond motifs is 1. The molecule has 0 radical (unpaired) electrons. The number of aromatic nitrogens is 3. The molecule has 0 atom stereocenters. The zero-order valence-corrected chi connectivity index (χ0v) is 17.7. The molecule has 5 rings (SSSR count). The van der Waals surface area contributed by atoms with Gasteiger partial charge in [-0.05, 0) is 42.8 Å². The smallest absolute Gasteiger partial charge is 0.277 e. The monoisotopic (exact) mass is 425 g/mol. The molecule has 0 aliphatic carbocycles. The van der Waals surface area contributed by atoms with Gasteiger partial charge >= 0.3 is 0 Å². The maximum atomic E-state index is 13.3. The van der Waals surface area contributed by atoms with Crippen LogP contribution in [0.3, 0.4) is 0 Å². The number of pyridine rings is 1. The van der Waals surface area contributed by atoms with Gasteiger partial charge in [0.25, 0.3) is 5.22 Å². The second-order valence-corrected chi connectivity index (χ2v) is 8.15. The summed E-state index contributed by atoms with van der Waals surface area (Å²) in [7, 11) is 0. The van der Waals surface area contributed by atoms with Gasteiger partial charge in [-0.15, -0.1) is 10.2 Å². The molecule has 0 spiro atoms. The van der Waals surface area contributed by atoms with Crippen molar-refractivity contribution in [2.75, 3.05) is 5.75 Å². The van der Waals surface area contributed by atoms with Crippen LogP contribution in [0.25, 0.3) is 28.1 Å². The highest BCUT2D eigenvalue weighted by atomic mass is 32.2. The second-order valence-electron chi connectivity index (χ2n) is 7.22. The van der Waals surface area contributed by atoms with Crippen LogP contribution in [0.1, 0.15) is 16.1 Å². The third-order valence-corrected chi connectivity index (χ3v) is 5.88. The van der Waals surface area contributed by atoms with Crippen LogP contribution < -0.4 is 0 Å². The maximum absolute atomic E-state index is 13.3. The molecule has 0 bridgehead atoms. The van der Waals surface area contributed by atoms with Gasteiger partial charge in [-0.3, -0.25) is 4.79 Å². The quantitative estimate of drug-likeness (QED) is 0.249. The Kier molecular flexibility index (Phi) is 5.14. The zero-order valence-electron chi connectivity index (χ0n) is 16.9. The molecular formula is C25H19N3O2S. The Labute approximate surface area is 183 Å². The molecule has 6 heteroatoms. The Morgan fingerprint density at radius 1 is 0.935 bits per heavy atom. The lowest BCUT2D eigenvalue weighted by Crippen LogP contribution is -2.08. The van der Waals surface area contributed by atoms with Crippen molar-refractivity contribution in [2.24, 2.45) is 0 Å². The van der Waals surface area contributed by atoms with Crippen molar-refractivity contribution in [2.45, 2.75) is 12.1 Å². The largest absolute Gasteiger partial charge is 0.411 e. The standard InChI is InChI=1S/C25H19N3O2S/c1-17-10-12-18(13-11-17)21-15-20-9-5-6-14-28(20)23(21)22(29)16-31-25-27-26-24(30-25)19-7-3-2-4-8-19/h2-15H,16H2,1H3. The molecule has 0 unspecified atom stereocenters. The minimum atomic E-state index is 0.00577. The van der Waals surface area contributed by atoms with Crippen molar-refractivity contribution >= 4 is 23.1 Å². The lowest BCUT2D eigenvalue weighted by atomic mass is 10.0. The van der Waals surface area contributed by atoms with Gasteiger partial charge in [0.1, 0.15) is 0 Å². The van der Waals surface area contributed by atoms with Crippen molar-refractivity contribution in [3.63, 3.8) is 0 Å². The Hall–Kier alpha value is -3.64. The molecule has 0 N–H and O–H groups in total. The molecule has 5 nitrogen and oxygen atoms in total. The van der Waals surface area contributed by atoms with E-state index in [9.17, 15) is 4.79 Å². The highest BCUT2D eigenvalue weighted by molar-refractivity contribution is 7.99. The summed E-state index contributed by atoms with van der Waals surface area (Å²) in [6.07, 6.45) is 1.92. The van der Waals surface area contributed by atoms with Crippen LogP contribution in [-0.4, -0.2) is 26.1 Å². The zero-order chi connectivity index (χ0) is 21.2. The average Bonchev–Trinajstić information content (AvgIpc) is 3.44. The molecular weight excluding hydrogens is 406 g/mol. The first-order chi connectivity index (χ1) is 15.2. The van der Waals surface area contributed by atoms with E-state index in [-0.39, 0.29) is 11.5 Å². The molecule has 152 valence electrons. The number of ketones is 1. The molecule has 0 fully saturated rings. The lowest BCUT2D eigenvalue weighted by molar-refractivity contribution is 0.101. The summed E-state index contributed by atoms with van der Waals surface area (Å²) in [5.41, 5.74) is 5.62. The van der Waals surface area contributed by atoms with E-state index in [1.807, 2.05) is 59.1 Å². The number of hydrogen-bond acceptors (Lipinski definition) is 5. The molecule has 3 heterocycles. The molecule has 0 saturated carbocycles. The molecule has 3 aromatic heterocycles. The molecule has 5 aromatic rings. The first kappa shape index (κ1) is 19.3. The van der Waals surface area contributed by atoms with Gasteiger partial charge < -0.3 is 8.82 Å². The Morgan fingerprint density at radius 2 is 1.71 bits per heavy atom. The molecule has 0 amide bonds. The van der Waals surface area contributed by atoms with Gasteiger partial charge in [0.2, 0.25) is 5.89 Å². The van der Waals surface area contributed by atoms with E-state index in [2.05, 4.69) is 47.5 Å². The van der Waals surface area contributed by atoms with E-state index >= 15 is 0 Å². The Morgan fingerprint density at radius 3 is 2.52 bits per heavy atom. The number of hydrogen-bond donors (Lipinski definition) is 0. The second kappa shape index (κ2) is 8.24. The summed E-state index contributed by atoms with van der Waals surface area (Å²) in [5.74, 6) is 0.659. The van der Waals surface area contributed by atoms with Gasteiger partial charge in [-0.2, -0.15) is 0 Å². The summed E-state index contributed by atoms with van der Waals surface area (Å²) in [4.78, 5) is 13.3. The fraction of sp³-hybridized carbons (Fsp3) is 0.0800. The normalized spacial score (nSPS) is 11.1. The van der Waals surface area contributed by atoms with Crippen LogP contribution in [0.15, 0.2) is 94.7 Å². The number of aryl methyl sites for hydroxylation is 1. The number of Topliss-reactive ketones (excluding diaryl/α,β-unsaturated/α-hetero) is 1. The minimum absolute atomic E-state index is 0.00577. The predicted molar refractivity (Wildman–Crippen MR) is 122 cm³/mol. The van der Waals surface area contributed by atoms with Gasteiger partial charge in [-0.25, -0.2) is 0 Å². The third kappa shape index (κ3) is 3.90. The van der Waals surface area contributed by atoms with Crippen LogP contribution in [0.5, 0.6) is 0 Å². The molecule has 0 aliphatic heterocycles. The van der Waals surface area contributed by atoms with E-state index in [4.69, 9.17) is 4.42 Å².